The van der Waals surface area contributed by atoms with Gasteiger partial charge in [0.1, 0.15) is 0 Å². The molecule has 0 radical (unpaired) electrons. The molecule has 0 aromatic rings. The van der Waals surface area contributed by atoms with E-state index in [2.05, 4.69) is 47.8 Å². The van der Waals surface area contributed by atoms with Crippen LogP contribution in [0.15, 0.2) is 12.3 Å². The second-order valence-electron chi connectivity index (χ2n) is 1.12. The highest BCUT2D eigenvalue weighted by molar-refractivity contribution is 9.25. The molecule has 1 N–H and O–H groups in total. The topological polar surface area (TPSA) is 20.2 Å². The third-order valence-electron chi connectivity index (χ3n) is 0.511. The van der Waals surface area contributed by atoms with Gasteiger partial charge in [-0.15, -0.1) is 0 Å². The predicted octanol–water partition coefficient (Wildman–Crippen LogP) is 2.94. The van der Waals surface area contributed by atoms with Gasteiger partial charge in [0.2, 0.25) is 0 Å². The van der Waals surface area contributed by atoms with Gasteiger partial charge in [0.15, 0.2) is 0 Å². The highest BCUT2D eigenvalue weighted by Gasteiger charge is 2.06. The zero-order chi connectivity index (χ0) is 6.57. The Balaban J connectivity index is 3.47. The molecule has 0 aromatic carbocycles. The molecule has 48 valence electrons. The molecule has 0 amide bonds. The molecule has 0 aliphatic rings. The number of hydrogen-bond acceptors (Lipinski definition) is 1. The van der Waals surface area contributed by atoms with Gasteiger partial charge in [0.25, 0.3) is 0 Å². The molecule has 1 unspecified atom stereocenters. The second-order valence-corrected chi connectivity index (χ2v) is 5.38. The van der Waals surface area contributed by atoms with Gasteiger partial charge < -0.3 is 5.11 Å². The third kappa shape index (κ3) is 3.92. The van der Waals surface area contributed by atoms with E-state index in [9.17, 15) is 0 Å². The molecule has 0 rings (SSSR count). The van der Waals surface area contributed by atoms with Crippen LogP contribution in [0.25, 0.3) is 0 Å². The number of rotatable bonds is 2. The van der Waals surface area contributed by atoms with Crippen molar-refractivity contribution < 1.29 is 5.11 Å². The lowest BCUT2D eigenvalue weighted by atomic mass is 10.5. The van der Waals surface area contributed by atoms with Crippen molar-refractivity contribution >= 4 is 47.8 Å². The lowest BCUT2D eigenvalue weighted by Gasteiger charge is -2.01. The van der Waals surface area contributed by atoms with Crippen molar-refractivity contribution in [3.63, 3.8) is 0 Å². The molecule has 0 saturated carbocycles. The summed E-state index contributed by atoms with van der Waals surface area (Å²) in [5.74, 6) is 0. The fourth-order valence-corrected chi connectivity index (χ4v) is 0.655. The first kappa shape index (κ1) is 8.98. The van der Waals surface area contributed by atoms with Crippen LogP contribution in [0.5, 0.6) is 0 Å². The highest BCUT2D eigenvalue weighted by atomic mass is 79.9. The van der Waals surface area contributed by atoms with Crippen molar-refractivity contribution in [3.05, 3.63) is 12.3 Å². The molecule has 8 heavy (non-hydrogen) atoms. The van der Waals surface area contributed by atoms with Gasteiger partial charge in [0, 0.05) is 0 Å². The first-order valence-electron chi connectivity index (χ1n) is 1.91. The number of halogens is 3. The van der Waals surface area contributed by atoms with Crippen molar-refractivity contribution in [1.82, 2.24) is 0 Å². The maximum Gasteiger partial charge on any atom is 0.0858 e. The normalized spacial score (nSPS) is 15.5. The van der Waals surface area contributed by atoms with E-state index in [0.717, 1.165) is 6.26 Å². The van der Waals surface area contributed by atoms with Gasteiger partial charge in [-0.2, -0.15) is 0 Å². The summed E-state index contributed by atoms with van der Waals surface area (Å²) in [7, 11) is 0. The van der Waals surface area contributed by atoms with E-state index >= 15 is 0 Å². The maximum atomic E-state index is 8.23. The van der Waals surface area contributed by atoms with Gasteiger partial charge in [-0.05, 0) is 6.08 Å². The summed E-state index contributed by atoms with van der Waals surface area (Å²) < 4.78 is 0.165. The monoisotopic (exact) mass is 306 g/mol. The molecule has 1 nitrogen and oxygen atoms in total. The Morgan fingerprint density at radius 3 is 1.88 bits per heavy atom. The summed E-state index contributed by atoms with van der Waals surface area (Å²) in [6.07, 6.45) is 2.63. The van der Waals surface area contributed by atoms with Crippen LogP contribution in [-0.4, -0.2) is 13.7 Å². The van der Waals surface area contributed by atoms with Gasteiger partial charge in [-0.1, -0.05) is 47.8 Å². The Morgan fingerprint density at radius 2 is 1.75 bits per heavy atom. The smallest absolute Gasteiger partial charge is 0.0858 e. The van der Waals surface area contributed by atoms with E-state index in [1.807, 2.05) is 0 Å². The van der Waals surface area contributed by atoms with Crippen molar-refractivity contribution in [1.29, 1.82) is 0 Å². The average Bonchev–Trinajstić information content (AvgIpc) is 1.67. The summed E-state index contributed by atoms with van der Waals surface area (Å²) in [4.78, 5) is 0.132. The summed E-state index contributed by atoms with van der Waals surface area (Å²) in [5.41, 5.74) is 0. The predicted molar refractivity (Wildman–Crippen MR) is 46.1 cm³/mol. The van der Waals surface area contributed by atoms with Crippen LogP contribution in [0.1, 0.15) is 0 Å². The Hall–Kier alpha value is 0.980. The molecular weight excluding hydrogens is 304 g/mol. The van der Waals surface area contributed by atoms with Crippen molar-refractivity contribution in [2.75, 3.05) is 0 Å². The van der Waals surface area contributed by atoms with Crippen molar-refractivity contribution in [3.8, 4) is 0 Å². The molecule has 0 aliphatic carbocycles. The zero-order valence-corrected chi connectivity index (χ0v) is 8.65. The molecule has 0 bridgehead atoms. The minimum absolute atomic E-state index is 0.132. The first-order valence-corrected chi connectivity index (χ1v) is 4.66. The van der Waals surface area contributed by atoms with Crippen molar-refractivity contribution in [2.24, 2.45) is 0 Å². The number of hydrogen-bond donors (Lipinski definition) is 1. The number of alkyl halides is 3. The van der Waals surface area contributed by atoms with Crippen molar-refractivity contribution in [2.45, 2.75) is 8.56 Å². The van der Waals surface area contributed by atoms with Crippen LogP contribution >= 0.6 is 47.8 Å². The third-order valence-corrected chi connectivity index (χ3v) is 3.90. The van der Waals surface area contributed by atoms with Crippen LogP contribution in [0.2, 0.25) is 0 Å². The van der Waals surface area contributed by atoms with Crippen LogP contribution in [-0.2, 0) is 0 Å². The van der Waals surface area contributed by atoms with E-state index < -0.39 is 0 Å². The van der Waals surface area contributed by atoms with Gasteiger partial charge in [-0.3, -0.25) is 0 Å². The molecule has 0 spiro atoms. The quantitative estimate of drug-likeness (QED) is 0.614. The minimum Gasteiger partial charge on any atom is -0.516 e. The van der Waals surface area contributed by atoms with Crippen LogP contribution in [0, 0.1) is 0 Å². The zero-order valence-electron chi connectivity index (χ0n) is 3.89. The van der Waals surface area contributed by atoms with Gasteiger partial charge in [0.05, 0.1) is 14.8 Å². The Kier molecular flexibility index (Phi) is 5.41. The lowest BCUT2D eigenvalue weighted by molar-refractivity contribution is 0.471. The van der Waals surface area contributed by atoms with E-state index in [1.165, 1.54) is 0 Å². The largest absolute Gasteiger partial charge is 0.516 e. The number of allylic oxidation sites excluding steroid dienone is 1. The van der Waals surface area contributed by atoms with E-state index in [1.54, 1.807) is 6.08 Å². The first-order chi connectivity index (χ1) is 3.68. The Bertz CT molecular complexity index is 81.4. The molecule has 0 aromatic heterocycles. The summed E-state index contributed by atoms with van der Waals surface area (Å²) in [6, 6.07) is 0. The molecule has 4 heteroatoms. The van der Waals surface area contributed by atoms with Crippen LogP contribution in [0.3, 0.4) is 0 Å². The molecular formula is C4H5Br3O. The summed E-state index contributed by atoms with van der Waals surface area (Å²) >= 11 is 9.76. The maximum absolute atomic E-state index is 8.23. The molecule has 0 heterocycles. The minimum atomic E-state index is 0.132. The summed E-state index contributed by atoms with van der Waals surface area (Å²) in [6.45, 7) is 0. The average molecular weight is 309 g/mol. The number of aliphatic hydroxyl groups is 1. The molecule has 1 atom stereocenters. The Labute approximate surface area is 73.5 Å². The second kappa shape index (κ2) is 4.82. The Morgan fingerprint density at radius 1 is 1.25 bits per heavy atom. The van der Waals surface area contributed by atoms with E-state index in [-0.39, 0.29) is 8.56 Å². The van der Waals surface area contributed by atoms with Gasteiger partial charge >= 0.3 is 0 Å². The lowest BCUT2D eigenvalue weighted by Crippen LogP contribution is -2.01. The molecule has 0 fully saturated rings. The van der Waals surface area contributed by atoms with Crippen LogP contribution in [0.4, 0.5) is 0 Å². The molecule has 0 aliphatic heterocycles. The highest BCUT2D eigenvalue weighted by Crippen LogP contribution is 2.20. The van der Waals surface area contributed by atoms with E-state index in [4.69, 9.17) is 5.11 Å². The van der Waals surface area contributed by atoms with E-state index in [0.29, 0.717) is 0 Å². The summed E-state index contributed by atoms with van der Waals surface area (Å²) in [5, 5.41) is 8.23. The number of aliphatic hydroxyl groups excluding tert-OH is 1. The fraction of sp³-hybridized carbons (Fsp3) is 0.500. The molecule has 0 saturated heterocycles. The van der Waals surface area contributed by atoms with Gasteiger partial charge in [-0.25, -0.2) is 0 Å². The fourth-order valence-electron chi connectivity index (χ4n) is 0.166. The van der Waals surface area contributed by atoms with Crippen LogP contribution < -0.4 is 0 Å². The standard InChI is InChI=1S/C4H5Br3O/c5-3(1-2-8)4(6)7/h1-4,8H. The SMILES string of the molecule is OC=CC(Br)C(Br)Br.